The first kappa shape index (κ1) is 43.5. The summed E-state index contributed by atoms with van der Waals surface area (Å²) in [6, 6.07) is 23.8. The van der Waals surface area contributed by atoms with Gasteiger partial charge in [-0.15, -0.1) is 0 Å². The molecule has 5 N–H and O–H groups in total. The number of amides is 4. The van der Waals surface area contributed by atoms with Gasteiger partial charge >= 0.3 is 11.8 Å². The van der Waals surface area contributed by atoms with E-state index in [1.165, 1.54) is 4.90 Å². The van der Waals surface area contributed by atoms with Gasteiger partial charge in [0.25, 0.3) is 5.91 Å². The molecule has 9 rings (SSSR count). The van der Waals surface area contributed by atoms with E-state index in [0.29, 0.717) is 41.6 Å². The standard InChI is InChI=1S/C49H53FN10O5/c1-28-23-31(5-6-32(28)25-53-45(63)46-55-48(58-65-46)49(2,3)4)43-37-24-30(10-14-39(37)56-57-43)29-7-11-34(12-8-29)51-19-20-52-35-17-21-59(22-18-35)26-33-9-13-36-38(42(33)50)27-60(47(36)64)40-15-16-41(61)54-44(40)62/h5-14,23-24,35,40,51-52H,15-22,25-27H2,1-4H3,(H,53,63)(H,56,57)(H,54,61,62). The van der Waals surface area contributed by atoms with E-state index in [1.807, 2.05) is 39.8 Å². The summed E-state index contributed by atoms with van der Waals surface area (Å²) in [5.41, 5.74) is 8.81. The van der Waals surface area contributed by atoms with Crippen LogP contribution in [-0.4, -0.2) is 92.0 Å². The summed E-state index contributed by atoms with van der Waals surface area (Å²) < 4.78 is 21.0. The second kappa shape index (κ2) is 18.0. The van der Waals surface area contributed by atoms with Gasteiger partial charge in [0.1, 0.15) is 11.9 Å². The third-order valence-electron chi connectivity index (χ3n) is 12.7. The van der Waals surface area contributed by atoms with E-state index in [0.717, 1.165) is 89.1 Å². The molecule has 5 heterocycles. The van der Waals surface area contributed by atoms with Crippen molar-refractivity contribution in [2.75, 3.05) is 31.5 Å². The number of halogens is 1. The summed E-state index contributed by atoms with van der Waals surface area (Å²) in [6.45, 7) is 11.9. The number of aryl methyl sites for hydroxylation is 1. The molecule has 16 heteroatoms. The molecule has 2 aromatic heterocycles. The van der Waals surface area contributed by atoms with Crippen LogP contribution < -0.4 is 21.3 Å². The van der Waals surface area contributed by atoms with E-state index in [1.54, 1.807) is 12.1 Å². The van der Waals surface area contributed by atoms with Crippen LogP contribution >= 0.6 is 0 Å². The van der Waals surface area contributed by atoms with Crippen LogP contribution in [-0.2, 0) is 34.6 Å². The fourth-order valence-electron chi connectivity index (χ4n) is 8.90. The van der Waals surface area contributed by atoms with E-state index in [4.69, 9.17) is 4.52 Å². The number of aromatic nitrogens is 4. The van der Waals surface area contributed by atoms with E-state index in [9.17, 15) is 19.2 Å². The van der Waals surface area contributed by atoms with E-state index in [-0.39, 0.29) is 48.3 Å². The average Bonchev–Trinajstić information content (AvgIpc) is 4.05. The lowest BCUT2D eigenvalue weighted by Gasteiger charge is -2.32. The van der Waals surface area contributed by atoms with Crippen molar-refractivity contribution in [1.29, 1.82) is 0 Å². The number of anilines is 1. The van der Waals surface area contributed by atoms with Gasteiger partial charge in [-0.25, -0.2) is 4.39 Å². The van der Waals surface area contributed by atoms with Crippen molar-refractivity contribution < 1.29 is 28.1 Å². The monoisotopic (exact) mass is 880 g/mol. The molecular formula is C49H53FN10O5. The van der Waals surface area contributed by atoms with Crippen molar-refractivity contribution in [2.24, 2.45) is 0 Å². The lowest BCUT2D eigenvalue weighted by atomic mass is 9.96. The number of fused-ring (bicyclic) bond motifs is 2. The van der Waals surface area contributed by atoms with Crippen LogP contribution in [0.4, 0.5) is 10.1 Å². The second-order valence-corrected chi connectivity index (χ2v) is 18.3. The molecule has 3 aliphatic rings. The highest BCUT2D eigenvalue weighted by Crippen LogP contribution is 2.34. The number of hydrogen-bond donors (Lipinski definition) is 5. The zero-order chi connectivity index (χ0) is 45.4. The molecule has 3 aliphatic heterocycles. The maximum absolute atomic E-state index is 15.8. The van der Waals surface area contributed by atoms with Crippen molar-refractivity contribution >= 4 is 40.2 Å². The first-order valence-corrected chi connectivity index (χ1v) is 22.2. The Bertz CT molecular complexity index is 2790. The molecular weight excluding hydrogens is 828 g/mol. The number of imide groups is 1. The molecule has 4 amide bonds. The third-order valence-corrected chi connectivity index (χ3v) is 12.7. The van der Waals surface area contributed by atoms with Gasteiger partial charge in [-0.3, -0.25) is 34.5 Å². The number of nitrogens with zero attached hydrogens (tertiary/aromatic N) is 5. The van der Waals surface area contributed by atoms with E-state index >= 15 is 4.39 Å². The molecule has 0 aliphatic carbocycles. The highest BCUT2D eigenvalue weighted by Gasteiger charge is 2.40. The van der Waals surface area contributed by atoms with Gasteiger partial charge in [0.05, 0.1) is 17.8 Å². The van der Waals surface area contributed by atoms with Crippen LogP contribution in [0.2, 0.25) is 0 Å². The Morgan fingerprint density at radius 3 is 2.40 bits per heavy atom. The largest absolute Gasteiger partial charge is 0.384 e. The maximum atomic E-state index is 15.8. The van der Waals surface area contributed by atoms with Crippen LogP contribution in [0.3, 0.4) is 0 Å². The summed E-state index contributed by atoms with van der Waals surface area (Å²) in [4.78, 5) is 57.7. The molecule has 15 nitrogen and oxygen atoms in total. The van der Waals surface area contributed by atoms with Gasteiger partial charge < -0.3 is 25.4 Å². The van der Waals surface area contributed by atoms with Gasteiger partial charge in [0, 0.05) is 77.4 Å². The molecule has 1 unspecified atom stereocenters. The normalized spacial score (nSPS) is 17.2. The summed E-state index contributed by atoms with van der Waals surface area (Å²) >= 11 is 0. The Kier molecular flexibility index (Phi) is 12.0. The number of benzene rings is 4. The minimum Gasteiger partial charge on any atom is -0.384 e. The third kappa shape index (κ3) is 9.27. The predicted octanol–water partition coefficient (Wildman–Crippen LogP) is 6.38. The first-order valence-electron chi connectivity index (χ1n) is 22.2. The van der Waals surface area contributed by atoms with E-state index < -0.39 is 17.9 Å². The van der Waals surface area contributed by atoms with Gasteiger partial charge in [-0.05, 0) is 97.9 Å². The molecule has 0 spiro atoms. The van der Waals surface area contributed by atoms with Gasteiger partial charge in [0.15, 0.2) is 5.82 Å². The van der Waals surface area contributed by atoms with Crippen molar-refractivity contribution in [3.8, 4) is 22.4 Å². The highest BCUT2D eigenvalue weighted by molar-refractivity contribution is 6.05. The molecule has 336 valence electrons. The van der Waals surface area contributed by atoms with Crippen LogP contribution in [0, 0.1) is 12.7 Å². The zero-order valence-electron chi connectivity index (χ0n) is 37.0. The number of piperidine rings is 2. The van der Waals surface area contributed by atoms with Crippen LogP contribution in [0.25, 0.3) is 33.3 Å². The average molecular weight is 881 g/mol. The summed E-state index contributed by atoms with van der Waals surface area (Å²) in [6.07, 6.45) is 2.29. The maximum Gasteiger partial charge on any atom is 0.315 e. The number of hydrogen-bond acceptors (Lipinski definition) is 11. The summed E-state index contributed by atoms with van der Waals surface area (Å²) in [7, 11) is 0. The lowest BCUT2D eigenvalue weighted by molar-refractivity contribution is -0.136. The minimum absolute atomic E-state index is 0.0294. The van der Waals surface area contributed by atoms with Crippen LogP contribution in [0.1, 0.15) is 95.6 Å². The quantitative estimate of drug-likeness (QED) is 0.0639. The second-order valence-electron chi connectivity index (χ2n) is 18.3. The molecule has 2 saturated heterocycles. The Balaban J connectivity index is 0.731. The number of aromatic amines is 1. The Hall–Kier alpha value is -6.78. The first-order chi connectivity index (χ1) is 31.3. The number of H-pyrrole nitrogens is 1. The molecule has 6 aromatic rings. The predicted molar refractivity (Wildman–Crippen MR) is 243 cm³/mol. The van der Waals surface area contributed by atoms with Crippen molar-refractivity contribution in [2.45, 2.75) is 90.5 Å². The number of carbonyl (C=O) groups is 4. The smallest absolute Gasteiger partial charge is 0.315 e. The SMILES string of the molecule is Cc1cc(-c2n[nH]c3ccc(-c4ccc(NCCNC5CCN(Cc6ccc7c(c6F)CN(C6CCC(=O)NC6=O)C7=O)CC5)cc4)cc23)ccc1CNC(=O)c1nc(C(C)(C)C)no1. The lowest BCUT2D eigenvalue weighted by Crippen LogP contribution is -2.52. The zero-order valence-corrected chi connectivity index (χ0v) is 37.0. The molecule has 2 fully saturated rings. The fraction of sp³-hybridized carbons (Fsp3) is 0.367. The topological polar surface area (TPSA) is 190 Å². The van der Waals surface area contributed by atoms with Crippen molar-refractivity contribution in [3.05, 3.63) is 118 Å². The summed E-state index contributed by atoms with van der Waals surface area (Å²) in [5, 5.41) is 25.2. The number of carbonyl (C=O) groups excluding carboxylic acids is 4. The Morgan fingerprint density at radius 1 is 0.908 bits per heavy atom. The highest BCUT2D eigenvalue weighted by atomic mass is 19.1. The number of rotatable bonds is 13. The Morgan fingerprint density at radius 2 is 1.66 bits per heavy atom. The fourth-order valence-corrected chi connectivity index (χ4v) is 8.90. The molecule has 65 heavy (non-hydrogen) atoms. The van der Waals surface area contributed by atoms with Crippen molar-refractivity contribution in [1.82, 2.24) is 46.1 Å². The molecule has 0 saturated carbocycles. The molecule has 0 radical (unpaired) electrons. The van der Waals surface area contributed by atoms with Crippen molar-refractivity contribution in [3.63, 3.8) is 0 Å². The van der Waals surface area contributed by atoms with Gasteiger partial charge in [-0.2, -0.15) is 10.1 Å². The number of likely N-dealkylation sites (tertiary alicyclic amines) is 1. The molecule has 4 aromatic carbocycles. The van der Waals surface area contributed by atoms with Crippen LogP contribution in [0.15, 0.2) is 77.3 Å². The molecule has 1 atom stereocenters. The Labute approximate surface area is 375 Å². The summed E-state index contributed by atoms with van der Waals surface area (Å²) in [5.74, 6) is -1.59. The van der Waals surface area contributed by atoms with Gasteiger partial charge in [-0.1, -0.05) is 62.3 Å². The minimum atomic E-state index is -0.768. The van der Waals surface area contributed by atoms with Crippen LogP contribution in [0.5, 0.6) is 0 Å². The molecule has 0 bridgehead atoms. The van der Waals surface area contributed by atoms with E-state index in [2.05, 4.69) is 95.0 Å². The van der Waals surface area contributed by atoms with Gasteiger partial charge in [0.2, 0.25) is 11.8 Å². The number of nitrogens with one attached hydrogen (secondary N) is 5.